The highest BCUT2D eigenvalue weighted by Crippen LogP contribution is 2.30. The second kappa shape index (κ2) is 11.8. The fourth-order valence-electron chi connectivity index (χ4n) is 4.04. The third-order valence-electron chi connectivity index (χ3n) is 6.54. The van der Waals surface area contributed by atoms with Crippen molar-refractivity contribution in [3.63, 3.8) is 0 Å². The molecule has 4 aromatic carbocycles. The predicted molar refractivity (Wildman–Crippen MR) is 152 cm³/mol. The van der Waals surface area contributed by atoms with Gasteiger partial charge in [-0.1, -0.05) is 78.9 Å². The quantitative estimate of drug-likeness (QED) is 0.290. The molecule has 0 aliphatic carbocycles. The number of hydrogen-bond donors (Lipinski definition) is 1. The normalized spacial score (nSPS) is 11.4. The molecule has 0 unspecified atom stereocenters. The van der Waals surface area contributed by atoms with Crippen LogP contribution in [0.25, 0.3) is 22.8 Å². The topological polar surface area (TPSA) is 44.0 Å². The first-order valence-electron chi connectivity index (χ1n) is 12.3. The zero-order chi connectivity index (χ0) is 27.2. The van der Waals surface area contributed by atoms with E-state index in [1.165, 1.54) is 11.6 Å². The first-order chi connectivity index (χ1) is 17.5. The van der Waals surface area contributed by atoms with E-state index in [0.717, 1.165) is 39.0 Å². The SMILES string of the molecule is C/C(=C\c1cccc(-c2ccc(C)c(C#N)c2)c1C)c1ccc(C(C)(C)O)cc1.Cc1ccccc1F. The van der Waals surface area contributed by atoms with Crippen molar-refractivity contribution in [3.05, 3.63) is 130 Å². The summed E-state index contributed by atoms with van der Waals surface area (Å²) in [5.74, 6) is -0.132. The number of benzene rings is 4. The average Bonchev–Trinajstić information content (AvgIpc) is 2.87. The molecule has 2 nitrogen and oxygen atoms in total. The Morgan fingerprint density at radius 3 is 2.11 bits per heavy atom. The zero-order valence-corrected chi connectivity index (χ0v) is 22.4. The van der Waals surface area contributed by atoms with Gasteiger partial charge in [0.05, 0.1) is 17.2 Å². The number of halogens is 1. The molecule has 0 amide bonds. The number of allylic oxidation sites excluding steroid dienone is 1. The van der Waals surface area contributed by atoms with Crippen molar-refractivity contribution >= 4 is 11.6 Å². The number of hydrogen-bond acceptors (Lipinski definition) is 2. The van der Waals surface area contributed by atoms with E-state index in [1.54, 1.807) is 32.9 Å². The van der Waals surface area contributed by atoms with Crippen LogP contribution < -0.4 is 0 Å². The van der Waals surface area contributed by atoms with Gasteiger partial charge in [0.25, 0.3) is 0 Å². The minimum Gasteiger partial charge on any atom is -0.386 e. The molecule has 0 aliphatic heterocycles. The van der Waals surface area contributed by atoms with Gasteiger partial charge in [-0.25, -0.2) is 4.39 Å². The summed E-state index contributed by atoms with van der Waals surface area (Å²) in [6, 6.07) is 29.4. The number of nitrogens with zero attached hydrogens (tertiary/aromatic N) is 1. The molecule has 0 atom stereocenters. The molecule has 0 bridgehead atoms. The van der Waals surface area contributed by atoms with E-state index in [-0.39, 0.29) is 5.82 Å². The lowest BCUT2D eigenvalue weighted by Crippen LogP contribution is -2.15. The summed E-state index contributed by atoms with van der Waals surface area (Å²) in [4.78, 5) is 0. The molecule has 0 aromatic heterocycles. The summed E-state index contributed by atoms with van der Waals surface area (Å²) in [7, 11) is 0. The van der Waals surface area contributed by atoms with Crippen molar-refractivity contribution in [2.45, 2.75) is 47.1 Å². The molecule has 0 saturated carbocycles. The van der Waals surface area contributed by atoms with E-state index in [4.69, 9.17) is 0 Å². The fraction of sp³-hybridized carbons (Fsp3) is 0.206. The largest absolute Gasteiger partial charge is 0.386 e. The van der Waals surface area contributed by atoms with Gasteiger partial charge in [0, 0.05) is 0 Å². The minimum atomic E-state index is -0.836. The molecule has 3 heteroatoms. The summed E-state index contributed by atoms with van der Waals surface area (Å²) in [5.41, 5.74) is 9.32. The van der Waals surface area contributed by atoms with E-state index in [1.807, 2.05) is 37.3 Å². The lowest BCUT2D eigenvalue weighted by molar-refractivity contribution is 0.0786. The summed E-state index contributed by atoms with van der Waals surface area (Å²) in [5, 5.41) is 19.5. The summed E-state index contributed by atoms with van der Waals surface area (Å²) in [6.07, 6.45) is 2.19. The maximum atomic E-state index is 12.3. The molecule has 0 saturated heterocycles. The number of aryl methyl sites for hydroxylation is 2. The van der Waals surface area contributed by atoms with Crippen LogP contribution in [0.3, 0.4) is 0 Å². The van der Waals surface area contributed by atoms with E-state index in [9.17, 15) is 14.8 Å². The first kappa shape index (κ1) is 27.6. The summed E-state index contributed by atoms with van der Waals surface area (Å²) >= 11 is 0. The van der Waals surface area contributed by atoms with Crippen LogP contribution in [-0.4, -0.2) is 5.11 Å². The third kappa shape index (κ3) is 7.03. The lowest BCUT2D eigenvalue weighted by Gasteiger charge is -2.18. The van der Waals surface area contributed by atoms with Crippen LogP contribution >= 0.6 is 0 Å². The Labute approximate surface area is 220 Å². The summed E-state index contributed by atoms with van der Waals surface area (Å²) in [6.45, 7) is 11.5. The molecule has 0 fully saturated rings. The molecule has 37 heavy (non-hydrogen) atoms. The third-order valence-corrected chi connectivity index (χ3v) is 6.54. The maximum Gasteiger partial charge on any atom is 0.126 e. The monoisotopic (exact) mass is 491 g/mol. The van der Waals surface area contributed by atoms with Crippen LogP contribution in [-0.2, 0) is 5.60 Å². The van der Waals surface area contributed by atoms with Gasteiger partial charge in [-0.2, -0.15) is 5.26 Å². The Kier molecular flexibility index (Phi) is 8.81. The molecule has 0 aliphatic rings. The highest BCUT2D eigenvalue weighted by Gasteiger charge is 2.15. The number of nitriles is 1. The molecular formula is C34H34FNO. The van der Waals surface area contributed by atoms with Crippen molar-refractivity contribution in [1.29, 1.82) is 5.26 Å². The molecular weight excluding hydrogens is 457 g/mol. The van der Waals surface area contributed by atoms with Crippen molar-refractivity contribution in [2.24, 2.45) is 0 Å². The van der Waals surface area contributed by atoms with E-state index in [0.29, 0.717) is 11.1 Å². The molecule has 4 aromatic rings. The number of rotatable bonds is 4. The standard InChI is InChI=1S/C27H27NO.C7H7F/c1-18-9-10-23(16-24(18)17-28)26-8-6-7-22(20(26)3)15-19(2)21-11-13-25(14-12-21)27(4,5)29;1-6-4-2-3-5-7(6)8/h6-16,29H,1-5H3;2-5H,1H3/b19-15+;. The highest BCUT2D eigenvalue weighted by atomic mass is 19.1. The van der Waals surface area contributed by atoms with Crippen LogP contribution in [0.2, 0.25) is 0 Å². The Hall–Kier alpha value is -4.00. The zero-order valence-electron chi connectivity index (χ0n) is 22.4. The van der Waals surface area contributed by atoms with Crippen LogP contribution in [0.15, 0.2) is 84.9 Å². The Balaban J connectivity index is 0.000000405. The van der Waals surface area contributed by atoms with Gasteiger partial charge in [0.15, 0.2) is 0 Å². The predicted octanol–water partition coefficient (Wildman–Crippen LogP) is 8.76. The van der Waals surface area contributed by atoms with Crippen LogP contribution in [0.4, 0.5) is 4.39 Å². The highest BCUT2D eigenvalue weighted by molar-refractivity contribution is 5.83. The van der Waals surface area contributed by atoms with Crippen molar-refractivity contribution in [2.75, 3.05) is 0 Å². The molecule has 1 N–H and O–H groups in total. The maximum absolute atomic E-state index is 12.3. The van der Waals surface area contributed by atoms with Gasteiger partial charge in [0.2, 0.25) is 0 Å². The van der Waals surface area contributed by atoms with Crippen LogP contribution in [0.5, 0.6) is 0 Å². The van der Waals surface area contributed by atoms with Gasteiger partial charge in [-0.3, -0.25) is 0 Å². The van der Waals surface area contributed by atoms with Gasteiger partial charge in [-0.05, 0) is 104 Å². The summed E-state index contributed by atoms with van der Waals surface area (Å²) < 4.78 is 12.3. The smallest absolute Gasteiger partial charge is 0.126 e. The van der Waals surface area contributed by atoms with Gasteiger partial charge in [-0.15, -0.1) is 0 Å². The van der Waals surface area contributed by atoms with Crippen molar-refractivity contribution in [3.8, 4) is 17.2 Å². The molecule has 0 spiro atoms. The minimum absolute atomic E-state index is 0.132. The Bertz CT molecular complexity index is 1430. The molecule has 0 heterocycles. The van der Waals surface area contributed by atoms with Gasteiger partial charge < -0.3 is 5.11 Å². The Morgan fingerprint density at radius 1 is 0.865 bits per heavy atom. The van der Waals surface area contributed by atoms with Crippen molar-refractivity contribution < 1.29 is 9.50 Å². The second-order valence-corrected chi connectivity index (χ2v) is 9.87. The number of aliphatic hydroxyl groups is 1. The first-order valence-corrected chi connectivity index (χ1v) is 12.3. The molecule has 4 rings (SSSR count). The molecule has 0 radical (unpaired) electrons. The molecule has 188 valence electrons. The lowest BCUT2D eigenvalue weighted by atomic mass is 9.92. The van der Waals surface area contributed by atoms with E-state index in [2.05, 4.69) is 62.4 Å². The van der Waals surface area contributed by atoms with Gasteiger partial charge >= 0.3 is 0 Å². The van der Waals surface area contributed by atoms with Crippen LogP contribution in [0.1, 0.15) is 59.7 Å². The van der Waals surface area contributed by atoms with E-state index < -0.39 is 5.60 Å². The second-order valence-electron chi connectivity index (χ2n) is 9.87. The van der Waals surface area contributed by atoms with Crippen LogP contribution in [0, 0.1) is 37.9 Å². The average molecular weight is 492 g/mol. The fourth-order valence-corrected chi connectivity index (χ4v) is 4.04. The Morgan fingerprint density at radius 2 is 1.54 bits per heavy atom. The van der Waals surface area contributed by atoms with Gasteiger partial charge in [0.1, 0.15) is 5.82 Å². The van der Waals surface area contributed by atoms with E-state index >= 15 is 0 Å². The van der Waals surface area contributed by atoms with Crippen molar-refractivity contribution in [1.82, 2.24) is 0 Å².